The molecule has 0 amide bonds. The second-order valence-electron chi connectivity index (χ2n) is 6.16. The first-order chi connectivity index (χ1) is 14.0. The molecule has 0 atom stereocenters. The molecule has 146 valence electrons. The normalized spacial score (nSPS) is 11.4. The van der Waals surface area contributed by atoms with Crippen LogP contribution in [0.15, 0.2) is 62.5 Å². The summed E-state index contributed by atoms with van der Waals surface area (Å²) in [5.41, 5.74) is 3.70. The fraction of sp³-hybridized carbons (Fsp3) is 0.0476. The van der Waals surface area contributed by atoms with Gasteiger partial charge < -0.3 is 14.8 Å². The van der Waals surface area contributed by atoms with Crippen molar-refractivity contribution in [1.29, 1.82) is 0 Å². The summed E-state index contributed by atoms with van der Waals surface area (Å²) in [6.07, 6.45) is 1.57. The molecule has 4 aromatic rings. The molecule has 0 aliphatic carbocycles. The van der Waals surface area contributed by atoms with Crippen LogP contribution in [-0.4, -0.2) is 28.4 Å². The van der Waals surface area contributed by atoms with Crippen LogP contribution in [-0.2, 0) is 0 Å². The Balaban J connectivity index is 1.74. The molecule has 0 aliphatic heterocycles. The Hall–Kier alpha value is -2.35. The first-order valence-corrected chi connectivity index (χ1v) is 10.5. The molecule has 29 heavy (non-hydrogen) atoms. The Morgan fingerprint density at radius 3 is 2.72 bits per heavy atom. The molecule has 0 spiro atoms. The quantitative estimate of drug-likeness (QED) is 0.280. The lowest BCUT2D eigenvalue weighted by Gasteiger charge is -2.10. The molecule has 0 unspecified atom stereocenters. The molecular weight excluding hydrogens is 522 g/mol. The van der Waals surface area contributed by atoms with Crippen LogP contribution in [0.5, 0.6) is 11.5 Å². The highest BCUT2D eigenvalue weighted by atomic mass is 79.9. The van der Waals surface area contributed by atoms with E-state index in [-0.39, 0.29) is 5.75 Å². The van der Waals surface area contributed by atoms with E-state index < -0.39 is 0 Å². The number of aliphatic imine (C=N–C) groups is 1. The number of imidazole rings is 1. The number of para-hydroxylation sites is 2. The number of ether oxygens (including phenoxy) is 1. The number of aromatic hydroxyl groups is 1. The number of phenolic OH excluding ortho intramolecular Hbond substituents is 1. The van der Waals surface area contributed by atoms with Crippen LogP contribution < -0.4 is 4.74 Å². The van der Waals surface area contributed by atoms with Gasteiger partial charge in [-0.1, -0.05) is 23.7 Å². The third kappa shape index (κ3) is 3.90. The second-order valence-corrected chi connectivity index (χ2v) is 8.22. The Morgan fingerprint density at radius 2 is 1.97 bits per heavy atom. The fourth-order valence-corrected chi connectivity index (χ4v) is 3.91. The van der Waals surface area contributed by atoms with Crippen LogP contribution in [0, 0.1) is 0 Å². The van der Waals surface area contributed by atoms with Crippen molar-refractivity contribution in [2.45, 2.75) is 0 Å². The number of nitrogens with one attached hydrogen (secondary N) is 1. The molecular formula is C21H14Br2ClN3O2. The highest BCUT2D eigenvalue weighted by Gasteiger charge is 2.15. The number of H-pyrrole nitrogens is 1. The van der Waals surface area contributed by atoms with E-state index in [1.165, 1.54) is 7.11 Å². The second kappa shape index (κ2) is 8.18. The van der Waals surface area contributed by atoms with Gasteiger partial charge in [-0.3, -0.25) is 4.99 Å². The summed E-state index contributed by atoms with van der Waals surface area (Å²) in [5.74, 6) is 1.01. The Kier molecular flexibility index (Phi) is 5.63. The van der Waals surface area contributed by atoms with Crippen LogP contribution in [0.3, 0.4) is 0 Å². The molecule has 4 rings (SSSR count). The molecule has 3 aromatic carbocycles. The van der Waals surface area contributed by atoms with Gasteiger partial charge in [-0.2, -0.15) is 0 Å². The van der Waals surface area contributed by atoms with E-state index in [2.05, 4.69) is 46.8 Å². The van der Waals surface area contributed by atoms with Crippen molar-refractivity contribution in [3.05, 3.63) is 68.1 Å². The lowest BCUT2D eigenvalue weighted by molar-refractivity contribution is 0.372. The number of benzene rings is 3. The number of rotatable bonds is 4. The molecule has 0 saturated heterocycles. The standard InChI is InChI=1S/C21H14Br2ClN3O2/c1-29-18-9-14(22)19(23)13(20(18)28)10-25-11-6-7-15(24)12(8-11)21-26-16-4-2-3-5-17(16)27-21/h2-10,28H,1H3,(H,26,27). The number of aromatic nitrogens is 2. The maximum absolute atomic E-state index is 10.4. The van der Waals surface area contributed by atoms with Crippen LogP contribution >= 0.6 is 43.5 Å². The van der Waals surface area contributed by atoms with E-state index in [1.807, 2.05) is 30.3 Å². The predicted octanol–water partition coefficient (Wildman–Crippen LogP) is 6.87. The average molecular weight is 536 g/mol. The van der Waals surface area contributed by atoms with Crippen LogP contribution in [0.4, 0.5) is 5.69 Å². The van der Waals surface area contributed by atoms with Gasteiger partial charge in [0.25, 0.3) is 0 Å². The van der Waals surface area contributed by atoms with Crippen molar-refractivity contribution >= 4 is 66.4 Å². The molecule has 2 N–H and O–H groups in total. The summed E-state index contributed by atoms with van der Waals surface area (Å²) in [7, 11) is 1.50. The summed E-state index contributed by atoms with van der Waals surface area (Å²) in [4.78, 5) is 12.4. The fourth-order valence-electron chi connectivity index (χ4n) is 2.88. The van der Waals surface area contributed by atoms with Gasteiger partial charge in [0.2, 0.25) is 0 Å². The van der Waals surface area contributed by atoms with Gasteiger partial charge in [-0.25, -0.2) is 4.98 Å². The number of halogens is 3. The molecule has 5 nitrogen and oxygen atoms in total. The molecule has 0 saturated carbocycles. The van der Waals surface area contributed by atoms with E-state index in [1.54, 1.807) is 24.4 Å². The highest BCUT2D eigenvalue weighted by molar-refractivity contribution is 9.13. The van der Waals surface area contributed by atoms with Crippen LogP contribution in [0.2, 0.25) is 5.02 Å². The zero-order chi connectivity index (χ0) is 20.5. The molecule has 1 aromatic heterocycles. The topological polar surface area (TPSA) is 70.5 Å². The lowest BCUT2D eigenvalue weighted by Crippen LogP contribution is -1.92. The van der Waals surface area contributed by atoms with Crippen molar-refractivity contribution in [2.75, 3.05) is 7.11 Å². The third-order valence-electron chi connectivity index (χ3n) is 4.35. The highest BCUT2D eigenvalue weighted by Crippen LogP contribution is 2.40. The SMILES string of the molecule is COc1cc(Br)c(Br)c(C=Nc2ccc(Cl)c(-c3nc4ccccc4[nH]3)c2)c1O. The number of methoxy groups -OCH3 is 1. The monoisotopic (exact) mass is 533 g/mol. The van der Waals surface area contributed by atoms with Crippen molar-refractivity contribution in [2.24, 2.45) is 4.99 Å². The summed E-state index contributed by atoms with van der Waals surface area (Å²) in [6.45, 7) is 0. The zero-order valence-electron chi connectivity index (χ0n) is 15.1. The Labute approximate surface area is 188 Å². The van der Waals surface area contributed by atoms with Gasteiger partial charge in [0.1, 0.15) is 5.82 Å². The Morgan fingerprint density at radius 1 is 1.17 bits per heavy atom. The third-order valence-corrected chi connectivity index (χ3v) is 6.69. The van der Waals surface area contributed by atoms with Crippen LogP contribution in [0.1, 0.15) is 5.56 Å². The molecule has 0 fully saturated rings. The van der Waals surface area contributed by atoms with Gasteiger partial charge >= 0.3 is 0 Å². The molecule has 0 bridgehead atoms. The number of hydrogen-bond acceptors (Lipinski definition) is 4. The molecule has 1 heterocycles. The maximum Gasteiger partial charge on any atom is 0.167 e. The van der Waals surface area contributed by atoms with E-state index in [0.29, 0.717) is 32.3 Å². The van der Waals surface area contributed by atoms with Gasteiger partial charge in [-0.05, 0) is 68.3 Å². The number of phenols is 1. The first kappa shape index (κ1) is 19.9. The predicted molar refractivity (Wildman–Crippen MR) is 124 cm³/mol. The van der Waals surface area contributed by atoms with Crippen LogP contribution in [0.25, 0.3) is 22.4 Å². The first-order valence-electron chi connectivity index (χ1n) is 8.51. The lowest BCUT2D eigenvalue weighted by atomic mass is 10.1. The van der Waals surface area contributed by atoms with Gasteiger partial charge in [0, 0.05) is 20.7 Å². The summed E-state index contributed by atoms with van der Waals surface area (Å²) in [5, 5.41) is 11.0. The summed E-state index contributed by atoms with van der Waals surface area (Å²) in [6, 6.07) is 14.9. The molecule has 0 aliphatic rings. The largest absolute Gasteiger partial charge is 0.504 e. The number of nitrogens with zero attached hydrogens (tertiary/aromatic N) is 2. The van der Waals surface area contributed by atoms with E-state index in [9.17, 15) is 5.11 Å². The minimum absolute atomic E-state index is 0.00204. The van der Waals surface area contributed by atoms with Gasteiger partial charge in [0.05, 0.1) is 34.4 Å². The van der Waals surface area contributed by atoms with E-state index in [0.717, 1.165) is 21.1 Å². The molecule has 0 radical (unpaired) electrons. The summed E-state index contributed by atoms with van der Waals surface area (Å²) >= 11 is 13.3. The number of hydrogen-bond donors (Lipinski definition) is 2. The van der Waals surface area contributed by atoms with Crippen molar-refractivity contribution in [1.82, 2.24) is 9.97 Å². The number of fused-ring (bicyclic) bond motifs is 1. The van der Waals surface area contributed by atoms with Gasteiger partial charge in [-0.15, -0.1) is 0 Å². The minimum Gasteiger partial charge on any atom is -0.504 e. The minimum atomic E-state index is -0.00204. The summed E-state index contributed by atoms with van der Waals surface area (Å²) < 4.78 is 6.62. The van der Waals surface area contributed by atoms with Crippen molar-refractivity contribution < 1.29 is 9.84 Å². The Bertz CT molecular complexity index is 1220. The molecule has 8 heteroatoms. The van der Waals surface area contributed by atoms with Gasteiger partial charge in [0.15, 0.2) is 11.5 Å². The van der Waals surface area contributed by atoms with Crippen molar-refractivity contribution in [3.63, 3.8) is 0 Å². The van der Waals surface area contributed by atoms with E-state index >= 15 is 0 Å². The average Bonchev–Trinajstić information content (AvgIpc) is 3.15. The zero-order valence-corrected chi connectivity index (χ0v) is 19.0. The smallest absolute Gasteiger partial charge is 0.167 e. The number of aromatic amines is 1. The maximum atomic E-state index is 10.4. The van der Waals surface area contributed by atoms with E-state index in [4.69, 9.17) is 16.3 Å². The van der Waals surface area contributed by atoms with Crippen molar-refractivity contribution in [3.8, 4) is 22.9 Å².